The van der Waals surface area contributed by atoms with Crippen molar-refractivity contribution in [2.75, 3.05) is 31.1 Å². The zero-order valence-corrected chi connectivity index (χ0v) is 13.8. The van der Waals surface area contributed by atoms with Gasteiger partial charge >= 0.3 is 0 Å². The van der Waals surface area contributed by atoms with E-state index < -0.39 is 9.84 Å². The number of pyridine rings is 1. The number of aromatic nitrogens is 3. The van der Waals surface area contributed by atoms with Crippen LogP contribution in [0.5, 0.6) is 0 Å². The minimum atomic E-state index is -3.62. The van der Waals surface area contributed by atoms with Crippen molar-refractivity contribution in [1.29, 1.82) is 0 Å². The molecule has 0 aliphatic carbocycles. The van der Waals surface area contributed by atoms with Gasteiger partial charge in [0.1, 0.15) is 4.21 Å². The average molecular weight is 349 g/mol. The van der Waals surface area contributed by atoms with Crippen molar-refractivity contribution in [3.63, 3.8) is 0 Å². The number of nitrogens with one attached hydrogen (secondary N) is 2. The molecule has 3 aromatic rings. The molecule has 0 unspecified atom stereocenters. The van der Waals surface area contributed by atoms with Crippen molar-refractivity contribution in [1.82, 2.24) is 20.5 Å². The second-order valence-electron chi connectivity index (χ2n) is 5.28. The highest BCUT2D eigenvalue weighted by Gasteiger charge is 2.26. The van der Waals surface area contributed by atoms with E-state index in [4.69, 9.17) is 0 Å². The molecule has 120 valence electrons. The normalized spacial score (nSPS) is 16.1. The zero-order chi connectivity index (χ0) is 15.9. The van der Waals surface area contributed by atoms with Gasteiger partial charge in [0.2, 0.25) is 9.84 Å². The number of nitrogens with zero attached hydrogens (tertiary/aromatic N) is 3. The van der Waals surface area contributed by atoms with Gasteiger partial charge in [-0.05, 0) is 11.4 Å². The van der Waals surface area contributed by atoms with E-state index in [1.165, 1.54) is 11.3 Å². The molecule has 4 rings (SSSR count). The fourth-order valence-corrected chi connectivity index (χ4v) is 5.18. The maximum absolute atomic E-state index is 12.7. The molecule has 1 fully saturated rings. The number of hydrogen-bond acceptors (Lipinski definition) is 7. The number of fused-ring (bicyclic) bond motifs is 1. The Labute approximate surface area is 137 Å². The molecule has 0 amide bonds. The number of piperazine rings is 1. The molecule has 1 aliphatic heterocycles. The number of aromatic amines is 1. The first-order valence-corrected chi connectivity index (χ1v) is 9.60. The number of anilines is 1. The van der Waals surface area contributed by atoms with Gasteiger partial charge in [-0.2, -0.15) is 5.10 Å². The number of sulfone groups is 1. The van der Waals surface area contributed by atoms with Crippen molar-refractivity contribution in [2.45, 2.75) is 9.24 Å². The van der Waals surface area contributed by atoms with Crippen molar-refractivity contribution < 1.29 is 8.42 Å². The van der Waals surface area contributed by atoms with Crippen molar-refractivity contribution in [2.24, 2.45) is 0 Å². The van der Waals surface area contributed by atoms with Gasteiger partial charge in [-0.3, -0.25) is 10.1 Å². The molecule has 0 radical (unpaired) electrons. The van der Waals surface area contributed by atoms with Crippen LogP contribution in [0.1, 0.15) is 0 Å². The topological polar surface area (TPSA) is 91.0 Å². The van der Waals surface area contributed by atoms with Crippen LogP contribution >= 0.6 is 11.3 Å². The third-order valence-corrected chi connectivity index (χ3v) is 6.99. The van der Waals surface area contributed by atoms with Crippen molar-refractivity contribution >= 4 is 37.8 Å². The lowest BCUT2D eigenvalue weighted by atomic mass is 10.2. The van der Waals surface area contributed by atoms with E-state index in [9.17, 15) is 8.42 Å². The molecular formula is C14H15N5O2S2. The van der Waals surface area contributed by atoms with Crippen LogP contribution in [-0.2, 0) is 9.84 Å². The zero-order valence-electron chi connectivity index (χ0n) is 12.2. The molecule has 2 N–H and O–H groups in total. The third kappa shape index (κ3) is 2.41. The molecule has 0 aromatic carbocycles. The third-order valence-electron chi connectivity index (χ3n) is 3.90. The smallest absolute Gasteiger partial charge is 0.235 e. The summed E-state index contributed by atoms with van der Waals surface area (Å²) in [5, 5.41) is 12.6. The Bertz CT molecular complexity index is 927. The van der Waals surface area contributed by atoms with Crippen LogP contribution in [0.3, 0.4) is 0 Å². The molecule has 0 saturated carbocycles. The summed E-state index contributed by atoms with van der Waals surface area (Å²) in [5.41, 5.74) is 1.61. The number of thiophene rings is 1. The fraction of sp³-hybridized carbons (Fsp3) is 0.286. The first-order chi connectivity index (χ1) is 11.2. The van der Waals surface area contributed by atoms with Gasteiger partial charge < -0.3 is 10.2 Å². The summed E-state index contributed by atoms with van der Waals surface area (Å²) in [5.74, 6) is 0. The molecule has 0 atom stereocenters. The molecule has 4 heterocycles. The first-order valence-electron chi connectivity index (χ1n) is 7.24. The monoisotopic (exact) mass is 349 g/mol. The maximum Gasteiger partial charge on any atom is 0.235 e. The Morgan fingerprint density at radius 3 is 2.78 bits per heavy atom. The maximum atomic E-state index is 12.7. The summed E-state index contributed by atoms with van der Waals surface area (Å²) in [6.45, 7) is 3.50. The predicted octanol–water partition coefficient (Wildman–Crippen LogP) is 1.26. The van der Waals surface area contributed by atoms with Gasteiger partial charge in [0.25, 0.3) is 0 Å². The summed E-state index contributed by atoms with van der Waals surface area (Å²) in [7, 11) is -3.62. The molecule has 0 spiro atoms. The van der Waals surface area contributed by atoms with Crippen LogP contribution in [0.25, 0.3) is 10.9 Å². The average Bonchev–Trinajstić information content (AvgIpc) is 3.25. The van der Waals surface area contributed by atoms with E-state index in [1.54, 1.807) is 29.9 Å². The van der Waals surface area contributed by atoms with Crippen molar-refractivity contribution in [3.05, 3.63) is 29.9 Å². The largest absolute Gasteiger partial charge is 0.366 e. The Morgan fingerprint density at radius 1 is 1.22 bits per heavy atom. The molecule has 3 aromatic heterocycles. The number of H-pyrrole nitrogens is 1. The number of hydrogen-bond donors (Lipinski definition) is 2. The van der Waals surface area contributed by atoms with E-state index >= 15 is 0 Å². The molecule has 1 saturated heterocycles. The Balaban J connectivity index is 1.85. The summed E-state index contributed by atoms with van der Waals surface area (Å²) in [4.78, 5) is 6.42. The molecule has 7 nitrogen and oxygen atoms in total. The summed E-state index contributed by atoms with van der Waals surface area (Å²) >= 11 is 1.19. The van der Waals surface area contributed by atoms with Gasteiger partial charge in [-0.25, -0.2) is 8.42 Å². The Morgan fingerprint density at radius 2 is 2.04 bits per heavy atom. The van der Waals surface area contributed by atoms with Crippen LogP contribution in [0.15, 0.2) is 39.1 Å². The van der Waals surface area contributed by atoms with E-state index in [-0.39, 0.29) is 5.03 Å². The lowest BCUT2D eigenvalue weighted by Crippen LogP contribution is -2.43. The predicted molar refractivity (Wildman–Crippen MR) is 88.7 cm³/mol. The number of rotatable bonds is 3. The van der Waals surface area contributed by atoms with Gasteiger partial charge in [-0.15, -0.1) is 11.3 Å². The van der Waals surface area contributed by atoms with Gasteiger partial charge in [-0.1, -0.05) is 6.07 Å². The minimum Gasteiger partial charge on any atom is -0.366 e. The van der Waals surface area contributed by atoms with E-state index in [0.29, 0.717) is 9.60 Å². The molecule has 1 aliphatic rings. The van der Waals surface area contributed by atoms with E-state index in [2.05, 4.69) is 25.4 Å². The minimum absolute atomic E-state index is 0.0411. The lowest BCUT2D eigenvalue weighted by molar-refractivity contribution is 0.589. The van der Waals surface area contributed by atoms with Crippen molar-refractivity contribution in [3.8, 4) is 0 Å². The highest BCUT2D eigenvalue weighted by Crippen LogP contribution is 2.32. The Hall–Kier alpha value is -1.97. The van der Waals surface area contributed by atoms with Crippen LogP contribution in [0.2, 0.25) is 0 Å². The van der Waals surface area contributed by atoms with Crippen LogP contribution in [0.4, 0.5) is 5.69 Å². The highest BCUT2D eigenvalue weighted by molar-refractivity contribution is 7.93. The molecular weight excluding hydrogens is 334 g/mol. The molecule has 23 heavy (non-hydrogen) atoms. The standard InChI is InChI=1S/C14H15N5O2S2/c20-23(21,12-2-1-7-22-12)14-10-8-16-9-11(13(10)17-18-14)19-5-3-15-4-6-19/h1-2,7-9,15H,3-6H2,(H,17,18). The first kappa shape index (κ1) is 14.6. The highest BCUT2D eigenvalue weighted by atomic mass is 32.2. The van der Waals surface area contributed by atoms with Gasteiger partial charge in [0.05, 0.1) is 22.8 Å². The molecule has 9 heteroatoms. The van der Waals surface area contributed by atoms with Gasteiger partial charge in [0.15, 0.2) is 5.03 Å². The van der Waals surface area contributed by atoms with Crippen LogP contribution in [0, 0.1) is 0 Å². The quantitative estimate of drug-likeness (QED) is 0.740. The Kier molecular flexibility index (Phi) is 3.55. The van der Waals surface area contributed by atoms with Crippen LogP contribution < -0.4 is 10.2 Å². The second-order valence-corrected chi connectivity index (χ2v) is 8.32. The summed E-state index contributed by atoms with van der Waals surface area (Å²) in [6.07, 6.45) is 3.32. The van der Waals surface area contributed by atoms with E-state index in [1.807, 2.05) is 0 Å². The summed E-state index contributed by atoms with van der Waals surface area (Å²) < 4.78 is 25.8. The lowest BCUT2D eigenvalue weighted by Gasteiger charge is -2.29. The fourth-order valence-electron chi connectivity index (χ4n) is 2.76. The SMILES string of the molecule is O=S(=O)(c1cccs1)c1n[nH]c2c(N3CCNCC3)cncc12. The summed E-state index contributed by atoms with van der Waals surface area (Å²) in [6, 6.07) is 3.31. The molecule has 0 bridgehead atoms. The van der Waals surface area contributed by atoms with Gasteiger partial charge in [0, 0.05) is 32.4 Å². The second kappa shape index (κ2) is 5.59. The van der Waals surface area contributed by atoms with Crippen LogP contribution in [-0.4, -0.2) is 49.8 Å². The van der Waals surface area contributed by atoms with E-state index in [0.717, 1.165) is 37.4 Å².